The van der Waals surface area contributed by atoms with Gasteiger partial charge in [0.15, 0.2) is 0 Å². The van der Waals surface area contributed by atoms with Crippen LogP contribution in [0.15, 0.2) is 24.3 Å². The normalized spacial score (nSPS) is 10.2. The minimum atomic E-state index is -1.43. The maximum Gasteiger partial charge on any atom is 0.488 e. The van der Waals surface area contributed by atoms with Gasteiger partial charge in [-0.2, -0.15) is 0 Å². The van der Waals surface area contributed by atoms with Gasteiger partial charge in [0.25, 0.3) is 0 Å². The average molecular weight is 180 g/mol. The Hall–Kier alpha value is -0.995. The van der Waals surface area contributed by atoms with Gasteiger partial charge in [-0.05, 0) is 31.4 Å². The summed E-state index contributed by atoms with van der Waals surface area (Å²) in [4.78, 5) is 0. The highest BCUT2D eigenvalue weighted by atomic mass is 16.5. The second-order valence-electron chi connectivity index (χ2n) is 3.11. The zero-order valence-electron chi connectivity index (χ0n) is 7.77. The molecule has 0 radical (unpaired) electrons. The third-order valence-electron chi connectivity index (χ3n) is 1.53. The van der Waals surface area contributed by atoms with E-state index in [-0.39, 0.29) is 6.10 Å². The fourth-order valence-electron chi connectivity index (χ4n) is 1.02. The van der Waals surface area contributed by atoms with Crippen LogP contribution in [0.1, 0.15) is 13.8 Å². The summed E-state index contributed by atoms with van der Waals surface area (Å²) in [6.45, 7) is 3.84. The fourth-order valence-corrected chi connectivity index (χ4v) is 1.02. The quantitative estimate of drug-likeness (QED) is 0.651. The molecule has 0 heterocycles. The highest BCUT2D eigenvalue weighted by molar-refractivity contribution is 6.58. The first-order chi connectivity index (χ1) is 6.09. The lowest BCUT2D eigenvalue weighted by molar-refractivity contribution is 0.242. The molecule has 1 aromatic rings. The van der Waals surface area contributed by atoms with Crippen LogP contribution in [0.25, 0.3) is 0 Å². The Morgan fingerprint density at radius 1 is 1.31 bits per heavy atom. The highest BCUT2D eigenvalue weighted by Gasteiger charge is 2.11. The van der Waals surface area contributed by atoms with Gasteiger partial charge < -0.3 is 14.8 Å². The molecule has 0 spiro atoms. The van der Waals surface area contributed by atoms with E-state index in [0.29, 0.717) is 11.2 Å². The van der Waals surface area contributed by atoms with Crippen LogP contribution in [-0.4, -0.2) is 23.3 Å². The SMILES string of the molecule is CC(C)Oc1cccc(B(O)O)c1. The molecule has 0 amide bonds. The van der Waals surface area contributed by atoms with Gasteiger partial charge >= 0.3 is 7.12 Å². The Kier molecular flexibility index (Phi) is 3.34. The lowest BCUT2D eigenvalue weighted by Gasteiger charge is -2.10. The van der Waals surface area contributed by atoms with Crippen molar-refractivity contribution in [3.05, 3.63) is 24.3 Å². The van der Waals surface area contributed by atoms with E-state index in [0.717, 1.165) is 0 Å². The molecular formula is C9H13BO3. The van der Waals surface area contributed by atoms with E-state index in [4.69, 9.17) is 14.8 Å². The van der Waals surface area contributed by atoms with Gasteiger partial charge in [0.05, 0.1) is 6.10 Å². The monoisotopic (exact) mass is 180 g/mol. The van der Waals surface area contributed by atoms with Crippen LogP contribution < -0.4 is 10.2 Å². The minimum absolute atomic E-state index is 0.0890. The van der Waals surface area contributed by atoms with Crippen LogP contribution in [0.2, 0.25) is 0 Å². The van der Waals surface area contributed by atoms with E-state index in [1.54, 1.807) is 24.3 Å². The second-order valence-corrected chi connectivity index (χ2v) is 3.11. The highest BCUT2D eigenvalue weighted by Crippen LogP contribution is 2.09. The third-order valence-corrected chi connectivity index (χ3v) is 1.53. The molecule has 0 saturated heterocycles. The molecule has 1 rings (SSSR count). The Bertz CT molecular complexity index is 273. The molecule has 0 aliphatic rings. The van der Waals surface area contributed by atoms with Crippen molar-refractivity contribution in [2.75, 3.05) is 0 Å². The molecule has 1 aromatic carbocycles. The summed E-state index contributed by atoms with van der Waals surface area (Å²) in [6, 6.07) is 6.76. The Labute approximate surface area is 78.1 Å². The first-order valence-electron chi connectivity index (χ1n) is 4.22. The summed E-state index contributed by atoms with van der Waals surface area (Å²) in [5, 5.41) is 17.8. The molecule has 70 valence electrons. The topological polar surface area (TPSA) is 49.7 Å². The van der Waals surface area contributed by atoms with Crippen LogP contribution >= 0.6 is 0 Å². The van der Waals surface area contributed by atoms with Crippen molar-refractivity contribution < 1.29 is 14.8 Å². The maximum absolute atomic E-state index is 8.88. The van der Waals surface area contributed by atoms with Crippen LogP contribution in [0, 0.1) is 0 Å². The van der Waals surface area contributed by atoms with E-state index in [9.17, 15) is 0 Å². The molecule has 0 aromatic heterocycles. The molecule has 0 fully saturated rings. The van der Waals surface area contributed by atoms with Crippen LogP contribution in [-0.2, 0) is 0 Å². The summed E-state index contributed by atoms with van der Waals surface area (Å²) in [5.41, 5.74) is 0.443. The van der Waals surface area contributed by atoms with Gasteiger partial charge in [-0.1, -0.05) is 12.1 Å². The van der Waals surface area contributed by atoms with E-state index < -0.39 is 7.12 Å². The zero-order chi connectivity index (χ0) is 9.84. The Morgan fingerprint density at radius 3 is 2.54 bits per heavy atom. The molecule has 0 unspecified atom stereocenters. The van der Waals surface area contributed by atoms with Crippen LogP contribution in [0.4, 0.5) is 0 Å². The zero-order valence-corrected chi connectivity index (χ0v) is 7.77. The minimum Gasteiger partial charge on any atom is -0.491 e. The Balaban J connectivity index is 2.79. The lowest BCUT2D eigenvalue weighted by Crippen LogP contribution is -2.29. The largest absolute Gasteiger partial charge is 0.491 e. The molecule has 13 heavy (non-hydrogen) atoms. The molecule has 0 bridgehead atoms. The van der Waals surface area contributed by atoms with E-state index in [1.807, 2.05) is 13.8 Å². The molecule has 0 atom stereocenters. The fraction of sp³-hybridized carbons (Fsp3) is 0.333. The first-order valence-corrected chi connectivity index (χ1v) is 4.22. The number of ether oxygens (including phenoxy) is 1. The molecule has 0 aliphatic heterocycles. The third kappa shape index (κ3) is 3.09. The standard InChI is InChI=1S/C9H13BO3/c1-7(2)13-9-5-3-4-8(6-9)10(11)12/h3-7,11-12H,1-2H3. The van der Waals surface area contributed by atoms with Crippen molar-refractivity contribution in [1.82, 2.24) is 0 Å². The van der Waals surface area contributed by atoms with Gasteiger partial charge in [-0.25, -0.2) is 0 Å². The van der Waals surface area contributed by atoms with Gasteiger partial charge in [0.1, 0.15) is 5.75 Å². The van der Waals surface area contributed by atoms with E-state index in [2.05, 4.69) is 0 Å². The van der Waals surface area contributed by atoms with Crippen LogP contribution in [0.3, 0.4) is 0 Å². The van der Waals surface area contributed by atoms with Crippen molar-refractivity contribution in [3.63, 3.8) is 0 Å². The number of benzene rings is 1. The van der Waals surface area contributed by atoms with E-state index >= 15 is 0 Å². The van der Waals surface area contributed by atoms with Gasteiger partial charge in [0.2, 0.25) is 0 Å². The first kappa shape index (κ1) is 10.1. The maximum atomic E-state index is 8.88. The lowest BCUT2D eigenvalue weighted by atomic mass is 9.80. The molecular weight excluding hydrogens is 167 g/mol. The van der Waals surface area contributed by atoms with Crippen molar-refractivity contribution in [2.45, 2.75) is 20.0 Å². The molecule has 0 saturated carbocycles. The van der Waals surface area contributed by atoms with Crippen molar-refractivity contribution in [1.29, 1.82) is 0 Å². The smallest absolute Gasteiger partial charge is 0.488 e. The molecule has 4 heteroatoms. The summed E-state index contributed by atoms with van der Waals surface area (Å²) in [7, 11) is -1.43. The molecule has 0 aliphatic carbocycles. The number of rotatable bonds is 3. The van der Waals surface area contributed by atoms with Crippen molar-refractivity contribution in [3.8, 4) is 5.75 Å². The van der Waals surface area contributed by atoms with Gasteiger partial charge in [-0.15, -0.1) is 0 Å². The molecule has 2 N–H and O–H groups in total. The average Bonchev–Trinajstić information content (AvgIpc) is 2.03. The summed E-state index contributed by atoms with van der Waals surface area (Å²) in [6.07, 6.45) is 0.0890. The van der Waals surface area contributed by atoms with Crippen LogP contribution in [0.5, 0.6) is 5.75 Å². The summed E-state index contributed by atoms with van der Waals surface area (Å²) in [5.74, 6) is 0.653. The summed E-state index contributed by atoms with van der Waals surface area (Å²) < 4.78 is 5.38. The van der Waals surface area contributed by atoms with Gasteiger partial charge in [-0.3, -0.25) is 0 Å². The predicted octanol–water partition coefficient (Wildman–Crippen LogP) is 0.154. The van der Waals surface area contributed by atoms with Crippen molar-refractivity contribution >= 4 is 12.6 Å². The number of hydrogen-bond donors (Lipinski definition) is 2. The van der Waals surface area contributed by atoms with Crippen molar-refractivity contribution in [2.24, 2.45) is 0 Å². The predicted molar refractivity (Wildman–Crippen MR) is 52.0 cm³/mol. The Morgan fingerprint density at radius 2 is 2.00 bits per heavy atom. The van der Waals surface area contributed by atoms with E-state index in [1.165, 1.54) is 0 Å². The molecule has 3 nitrogen and oxygen atoms in total. The van der Waals surface area contributed by atoms with Gasteiger partial charge in [0, 0.05) is 0 Å². The summed E-state index contributed by atoms with van der Waals surface area (Å²) >= 11 is 0. The number of hydrogen-bond acceptors (Lipinski definition) is 3. The second kappa shape index (κ2) is 4.30.